The number of pyridine rings is 1. The Morgan fingerprint density at radius 1 is 1.08 bits per heavy atom. The molecule has 1 saturated heterocycles. The van der Waals surface area contributed by atoms with Crippen molar-refractivity contribution in [3.8, 4) is 34.1 Å². The molecular weight excluding hydrogens is 459 g/mol. The Bertz CT molecular complexity index is 1430. The van der Waals surface area contributed by atoms with Crippen LogP contribution in [0.3, 0.4) is 0 Å². The highest BCUT2D eigenvalue weighted by Gasteiger charge is 2.47. The monoisotopic (exact) mass is 490 g/mol. The van der Waals surface area contributed by atoms with Crippen LogP contribution >= 0.6 is 0 Å². The lowest BCUT2D eigenvalue weighted by Gasteiger charge is -2.48. The molecule has 4 aromatic rings. The molecule has 0 bridgehead atoms. The average molecular weight is 491 g/mol. The summed E-state index contributed by atoms with van der Waals surface area (Å²) in [7, 11) is 0. The number of aromatic hydroxyl groups is 1. The van der Waals surface area contributed by atoms with Gasteiger partial charge in [-0.3, -0.25) is 4.98 Å². The van der Waals surface area contributed by atoms with E-state index in [1.807, 2.05) is 64.4 Å². The van der Waals surface area contributed by atoms with Gasteiger partial charge < -0.3 is 19.6 Å². The second kappa shape index (κ2) is 8.51. The van der Waals surface area contributed by atoms with Crippen molar-refractivity contribution in [2.24, 2.45) is 0 Å². The van der Waals surface area contributed by atoms with Crippen molar-refractivity contribution < 1.29 is 14.2 Å². The molecule has 9 heteroatoms. The van der Waals surface area contributed by atoms with E-state index in [0.717, 1.165) is 28.0 Å². The maximum atomic E-state index is 15.1. The maximum absolute atomic E-state index is 15.1. The van der Waals surface area contributed by atoms with Crippen molar-refractivity contribution in [2.45, 2.75) is 71.3 Å². The number of hydrogen-bond acceptors (Lipinski definition) is 7. The Hall–Kier alpha value is -3.59. The van der Waals surface area contributed by atoms with E-state index in [0.29, 0.717) is 17.8 Å². The van der Waals surface area contributed by atoms with E-state index in [1.54, 1.807) is 24.4 Å². The van der Waals surface area contributed by atoms with Crippen LogP contribution in [-0.2, 0) is 0 Å². The smallest absolute Gasteiger partial charge is 0.233 e. The number of ether oxygens (including phenoxy) is 1. The van der Waals surface area contributed by atoms with Crippen molar-refractivity contribution in [3.63, 3.8) is 0 Å². The highest BCUT2D eigenvalue weighted by molar-refractivity contribution is 5.74. The molecule has 4 aromatic heterocycles. The Balaban J connectivity index is 1.36. The summed E-state index contributed by atoms with van der Waals surface area (Å²) in [5.74, 6) is 0.221. The molecule has 0 unspecified atom stereocenters. The van der Waals surface area contributed by atoms with E-state index in [-0.39, 0.29) is 17.2 Å². The first kappa shape index (κ1) is 24.1. The normalized spacial score (nSPS) is 21.0. The minimum Gasteiger partial charge on any atom is -0.506 e. The Morgan fingerprint density at radius 3 is 2.56 bits per heavy atom. The molecule has 0 radical (unpaired) electrons. The van der Waals surface area contributed by atoms with Crippen molar-refractivity contribution in [1.29, 1.82) is 0 Å². The summed E-state index contributed by atoms with van der Waals surface area (Å²) in [5.41, 5.74) is 4.26. The lowest BCUT2D eigenvalue weighted by Crippen LogP contribution is -2.66. The minimum atomic E-state index is -1.21. The van der Waals surface area contributed by atoms with Gasteiger partial charge in [0.25, 0.3) is 0 Å². The van der Waals surface area contributed by atoms with Crippen LogP contribution in [0.2, 0.25) is 0 Å². The summed E-state index contributed by atoms with van der Waals surface area (Å²) >= 11 is 0. The molecule has 1 aliphatic heterocycles. The average Bonchev–Trinajstić information content (AvgIpc) is 3.21. The lowest BCUT2D eigenvalue weighted by molar-refractivity contribution is -0.0281. The number of aromatic nitrogens is 5. The van der Waals surface area contributed by atoms with E-state index in [2.05, 4.69) is 25.5 Å². The Labute approximate surface area is 209 Å². The molecule has 1 aliphatic rings. The molecule has 5 heterocycles. The maximum Gasteiger partial charge on any atom is 0.233 e. The third kappa shape index (κ3) is 4.51. The summed E-state index contributed by atoms with van der Waals surface area (Å²) in [4.78, 5) is 8.95. The summed E-state index contributed by atoms with van der Waals surface area (Å²) in [6.45, 7) is 11.6. The van der Waals surface area contributed by atoms with Crippen molar-refractivity contribution in [2.75, 3.05) is 0 Å². The van der Waals surface area contributed by atoms with E-state index in [4.69, 9.17) is 4.74 Å². The fourth-order valence-electron chi connectivity index (χ4n) is 5.22. The number of fused-ring (bicyclic) bond motifs is 1. The van der Waals surface area contributed by atoms with Crippen LogP contribution < -0.4 is 10.1 Å². The molecule has 0 aromatic carbocycles. The van der Waals surface area contributed by atoms with Crippen LogP contribution in [0.5, 0.6) is 11.6 Å². The van der Waals surface area contributed by atoms with Gasteiger partial charge in [0.2, 0.25) is 5.88 Å². The molecule has 1 fully saturated rings. The van der Waals surface area contributed by atoms with Gasteiger partial charge in [-0.25, -0.2) is 9.37 Å². The minimum absolute atomic E-state index is 0.0116. The number of aryl methyl sites for hydroxylation is 2. The van der Waals surface area contributed by atoms with Gasteiger partial charge in [-0.15, -0.1) is 10.2 Å². The molecule has 2 N–H and O–H groups in total. The second-order valence-corrected chi connectivity index (χ2v) is 10.8. The number of alkyl halides is 1. The zero-order chi connectivity index (χ0) is 25.8. The van der Waals surface area contributed by atoms with Crippen LogP contribution in [0, 0.1) is 13.8 Å². The molecule has 5 rings (SSSR count). The summed E-state index contributed by atoms with van der Waals surface area (Å²) in [6, 6.07) is 6.97. The first-order valence-corrected chi connectivity index (χ1v) is 12.0. The van der Waals surface area contributed by atoms with Crippen LogP contribution in [0.15, 0.2) is 42.9 Å². The molecular formula is C27H31FN6O2. The highest BCUT2D eigenvalue weighted by atomic mass is 19.1. The van der Waals surface area contributed by atoms with Crippen molar-refractivity contribution in [3.05, 3.63) is 54.2 Å². The zero-order valence-electron chi connectivity index (χ0n) is 21.4. The SMILES string of the molecule is Cc1cn2cc(-c3cnc(-c4ccc(O[C@@H]5CC(C)(C)NC(C)(C)[C@@H]5F)nn4)c(O)c3)cc2c(C)n1. The number of halogens is 1. The lowest BCUT2D eigenvalue weighted by atomic mass is 9.79. The van der Waals surface area contributed by atoms with Gasteiger partial charge in [0.15, 0.2) is 6.17 Å². The van der Waals surface area contributed by atoms with Crippen LogP contribution in [-0.4, -0.2) is 53.0 Å². The van der Waals surface area contributed by atoms with Crippen LogP contribution in [0.25, 0.3) is 28.0 Å². The summed E-state index contributed by atoms with van der Waals surface area (Å²) in [6.07, 6.45) is 4.28. The van der Waals surface area contributed by atoms with Gasteiger partial charge >= 0.3 is 0 Å². The number of piperidine rings is 1. The third-order valence-corrected chi connectivity index (χ3v) is 6.63. The number of hydrogen-bond donors (Lipinski definition) is 2. The van der Waals surface area contributed by atoms with E-state index in [1.165, 1.54) is 0 Å². The van der Waals surface area contributed by atoms with Gasteiger partial charge in [-0.2, -0.15) is 0 Å². The molecule has 0 saturated carbocycles. The number of rotatable bonds is 4. The number of nitrogens with one attached hydrogen (secondary N) is 1. The molecule has 0 aliphatic carbocycles. The topological polar surface area (TPSA) is 97.5 Å². The molecule has 0 amide bonds. The standard InChI is InChI=1S/C27H31FN6O2/c1-15-13-34-14-18(9-20(34)16(2)30-15)17-10-21(35)24(29-12-17)19-7-8-23(32-31-19)36-22-11-26(3,4)33-27(5,6)25(22)28/h7-10,12-14,22,25,33,35H,11H2,1-6H3/t22-,25-/m1/s1. The third-order valence-electron chi connectivity index (χ3n) is 6.63. The van der Waals surface area contributed by atoms with E-state index in [9.17, 15) is 5.11 Å². The van der Waals surface area contributed by atoms with Crippen molar-refractivity contribution >= 4 is 5.52 Å². The fourth-order valence-corrected chi connectivity index (χ4v) is 5.22. The largest absolute Gasteiger partial charge is 0.506 e. The first-order valence-electron chi connectivity index (χ1n) is 12.0. The fraction of sp³-hybridized carbons (Fsp3) is 0.407. The predicted octanol–water partition coefficient (Wildman–Crippen LogP) is 4.81. The van der Waals surface area contributed by atoms with Gasteiger partial charge in [0, 0.05) is 53.3 Å². The Kier molecular flexibility index (Phi) is 5.70. The highest BCUT2D eigenvalue weighted by Crippen LogP contribution is 2.34. The first-order chi connectivity index (χ1) is 16.9. The van der Waals surface area contributed by atoms with E-state index < -0.39 is 17.8 Å². The summed E-state index contributed by atoms with van der Waals surface area (Å²) in [5, 5.41) is 22.4. The van der Waals surface area contributed by atoms with Gasteiger partial charge in [0.05, 0.1) is 16.9 Å². The van der Waals surface area contributed by atoms with Crippen LogP contribution in [0.4, 0.5) is 4.39 Å². The molecule has 8 nitrogen and oxygen atoms in total. The second-order valence-electron chi connectivity index (χ2n) is 10.8. The zero-order valence-corrected chi connectivity index (χ0v) is 21.4. The molecule has 36 heavy (non-hydrogen) atoms. The van der Waals surface area contributed by atoms with Gasteiger partial charge in [-0.1, -0.05) is 0 Å². The quantitative estimate of drug-likeness (QED) is 0.424. The molecule has 188 valence electrons. The number of nitrogens with zero attached hydrogens (tertiary/aromatic N) is 5. The van der Waals surface area contributed by atoms with Gasteiger partial charge in [0.1, 0.15) is 23.2 Å². The Morgan fingerprint density at radius 2 is 1.86 bits per heavy atom. The molecule has 2 atom stereocenters. The summed E-state index contributed by atoms with van der Waals surface area (Å²) < 4.78 is 23.0. The predicted molar refractivity (Wildman–Crippen MR) is 136 cm³/mol. The van der Waals surface area contributed by atoms with E-state index >= 15 is 4.39 Å². The van der Waals surface area contributed by atoms with Gasteiger partial charge in [-0.05, 0) is 59.7 Å². The molecule has 0 spiro atoms. The van der Waals surface area contributed by atoms with Crippen LogP contribution in [0.1, 0.15) is 45.5 Å². The van der Waals surface area contributed by atoms with Crippen molar-refractivity contribution in [1.82, 2.24) is 29.9 Å².